The van der Waals surface area contributed by atoms with Gasteiger partial charge in [-0.15, -0.1) is 0 Å². The molecule has 0 aliphatic carbocycles. The van der Waals surface area contributed by atoms with E-state index in [1.54, 1.807) is 39.0 Å². The summed E-state index contributed by atoms with van der Waals surface area (Å²) in [6.07, 6.45) is 0. The number of thiazole rings is 1. The van der Waals surface area contributed by atoms with Crippen LogP contribution in [0, 0.1) is 13.8 Å². The standard InChI is InChI=1S/C25H24N4O4S/c1-4-33-24(32)22-16(2)26-25(34-22)29(14-18-10-6-5-7-11-18)21(30)15-28-17(3)27-20-13-9-8-12-19(20)23(28)31/h5-13H,4,14-15H2,1-3H3. The van der Waals surface area contributed by atoms with Crippen LogP contribution in [0.2, 0.25) is 0 Å². The van der Waals surface area contributed by atoms with Crippen LogP contribution < -0.4 is 10.5 Å². The van der Waals surface area contributed by atoms with Gasteiger partial charge in [0.25, 0.3) is 5.56 Å². The third-order valence-electron chi connectivity index (χ3n) is 5.31. The van der Waals surface area contributed by atoms with Crippen molar-refractivity contribution >= 4 is 39.2 Å². The second-order valence-electron chi connectivity index (χ2n) is 7.66. The summed E-state index contributed by atoms with van der Waals surface area (Å²) in [6.45, 7) is 5.42. The number of amides is 1. The molecule has 34 heavy (non-hydrogen) atoms. The van der Waals surface area contributed by atoms with E-state index in [1.165, 1.54) is 9.47 Å². The number of aryl methyl sites for hydroxylation is 2. The first-order chi connectivity index (χ1) is 16.4. The van der Waals surface area contributed by atoms with Gasteiger partial charge < -0.3 is 4.74 Å². The van der Waals surface area contributed by atoms with Crippen LogP contribution in [0.5, 0.6) is 0 Å². The van der Waals surface area contributed by atoms with E-state index < -0.39 is 5.97 Å². The second-order valence-corrected chi connectivity index (χ2v) is 8.64. The normalized spacial score (nSPS) is 10.9. The number of esters is 1. The molecule has 0 N–H and O–H groups in total. The summed E-state index contributed by atoms with van der Waals surface area (Å²) in [7, 11) is 0. The first kappa shape index (κ1) is 23.3. The molecule has 9 heteroatoms. The maximum atomic E-state index is 13.6. The molecule has 0 radical (unpaired) electrons. The fraction of sp³-hybridized carbons (Fsp3) is 0.240. The molecule has 8 nitrogen and oxygen atoms in total. The van der Waals surface area contributed by atoms with Crippen LogP contribution in [0.4, 0.5) is 5.13 Å². The fourth-order valence-corrected chi connectivity index (χ4v) is 4.58. The van der Waals surface area contributed by atoms with E-state index >= 15 is 0 Å². The highest BCUT2D eigenvalue weighted by Gasteiger charge is 2.25. The Labute approximate surface area is 200 Å². The summed E-state index contributed by atoms with van der Waals surface area (Å²) in [5.41, 5.74) is 1.69. The molecule has 0 aliphatic rings. The Morgan fingerprint density at radius 1 is 1.03 bits per heavy atom. The molecular weight excluding hydrogens is 452 g/mol. The number of ether oxygens (including phenoxy) is 1. The monoisotopic (exact) mass is 476 g/mol. The molecule has 4 rings (SSSR count). The molecule has 0 fully saturated rings. The van der Waals surface area contributed by atoms with E-state index in [2.05, 4.69) is 9.97 Å². The number of nitrogens with zero attached hydrogens (tertiary/aromatic N) is 4. The van der Waals surface area contributed by atoms with E-state index in [4.69, 9.17) is 4.74 Å². The van der Waals surface area contributed by atoms with Crippen molar-refractivity contribution in [2.24, 2.45) is 0 Å². The van der Waals surface area contributed by atoms with Gasteiger partial charge in [-0.2, -0.15) is 0 Å². The summed E-state index contributed by atoms with van der Waals surface area (Å²) >= 11 is 1.10. The van der Waals surface area contributed by atoms with Gasteiger partial charge in [-0.3, -0.25) is 19.1 Å². The van der Waals surface area contributed by atoms with Crippen LogP contribution in [0.25, 0.3) is 10.9 Å². The van der Waals surface area contributed by atoms with Crippen molar-refractivity contribution in [2.75, 3.05) is 11.5 Å². The zero-order valence-corrected chi connectivity index (χ0v) is 20.0. The van der Waals surface area contributed by atoms with E-state index in [0.717, 1.165) is 16.9 Å². The minimum absolute atomic E-state index is 0.206. The van der Waals surface area contributed by atoms with Crippen molar-refractivity contribution in [3.05, 3.63) is 86.9 Å². The lowest BCUT2D eigenvalue weighted by Crippen LogP contribution is -2.37. The van der Waals surface area contributed by atoms with Gasteiger partial charge in [0.2, 0.25) is 5.91 Å². The largest absolute Gasteiger partial charge is 0.462 e. The van der Waals surface area contributed by atoms with Crippen molar-refractivity contribution in [3.8, 4) is 0 Å². The molecule has 174 valence electrons. The Bertz CT molecular complexity index is 1410. The number of hydrogen-bond acceptors (Lipinski definition) is 7. The van der Waals surface area contributed by atoms with Gasteiger partial charge in [-0.25, -0.2) is 14.8 Å². The molecule has 0 unspecified atom stereocenters. The number of anilines is 1. The Balaban J connectivity index is 1.72. The van der Waals surface area contributed by atoms with Crippen LogP contribution in [0.3, 0.4) is 0 Å². The predicted octanol–water partition coefficient (Wildman–Crippen LogP) is 3.88. The maximum Gasteiger partial charge on any atom is 0.350 e. The molecule has 0 bridgehead atoms. The number of benzene rings is 2. The van der Waals surface area contributed by atoms with E-state index in [0.29, 0.717) is 32.4 Å². The molecule has 4 aromatic rings. The van der Waals surface area contributed by atoms with Gasteiger partial charge in [-0.05, 0) is 38.5 Å². The Hall–Kier alpha value is -3.85. The first-order valence-corrected chi connectivity index (χ1v) is 11.7. The van der Waals surface area contributed by atoms with Crippen molar-refractivity contribution in [3.63, 3.8) is 0 Å². The van der Waals surface area contributed by atoms with E-state index in [9.17, 15) is 14.4 Å². The fourth-order valence-electron chi connectivity index (χ4n) is 3.60. The maximum absolute atomic E-state index is 13.6. The summed E-state index contributed by atoms with van der Waals surface area (Å²) in [5.74, 6) is -0.365. The molecule has 1 amide bonds. The molecule has 0 atom stereocenters. The van der Waals surface area contributed by atoms with Crippen molar-refractivity contribution in [2.45, 2.75) is 33.9 Å². The molecular formula is C25H24N4O4S. The summed E-state index contributed by atoms with van der Waals surface area (Å²) in [5, 5.41) is 0.819. The number of rotatable bonds is 7. The number of carbonyl (C=O) groups is 2. The SMILES string of the molecule is CCOC(=O)c1sc(N(Cc2ccccc2)C(=O)Cn2c(C)nc3ccccc3c2=O)nc1C. The Morgan fingerprint density at radius 2 is 1.74 bits per heavy atom. The topological polar surface area (TPSA) is 94.4 Å². The number of para-hydroxylation sites is 1. The zero-order chi connectivity index (χ0) is 24.2. The van der Waals surface area contributed by atoms with Gasteiger partial charge >= 0.3 is 5.97 Å². The van der Waals surface area contributed by atoms with E-state index in [1.807, 2.05) is 36.4 Å². The third-order valence-corrected chi connectivity index (χ3v) is 6.47. The predicted molar refractivity (Wildman–Crippen MR) is 131 cm³/mol. The summed E-state index contributed by atoms with van der Waals surface area (Å²) in [6, 6.07) is 16.5. The van der Waals surface area contributed by atoms with Crippen LogP contribution in [0.1, 0.15) is 33.7 Å². The quantitative estimate of drug-likeness (QED) is 0.376. The van der Waals surface area contributed by atoms with Crippen LogP contribution >= 0.6 is 11.3 Å². The third kappa shape index (κ3) is 4.74. The smallest absolute Gasteiger partial charge is 0.350 e. The lowest BCUT2D eigenvalue weighted by molar-refractivity contribution is -0.119. The minimum atomic E-state index is -0.471. The van der Waals surface area contributed by atoms with Crippen molar-refractivity contribution < 1.29 is 14.3 Å². The van der Waals surface area contributed by atoms with Gasteiger partial charge in [0, 0.05) is 0 Å². The van der Waals surface area contributed by atoms with Gasteiger partial charge in [-0.1, -0.05) is 53.8 Å². The van der Waals surface area contributed by atoms with E-state index in [-0.39, 0.29) is 31.2 Å². The minimum Gasteiger partial charge on any atom is -0.462 e. The average Bonchev–Trinajstić information content (AvgIpc) is 3.22. The van der Waals surface area contributed by atoms with Crippen molar-refractivity contribution in [1.82, 2.24) is 14.5 Å². The molecule has 0 aliphatic heterocycles. The lowest BCUT2D eigenvalue weighted by atomic mass is 10.2. The highest BCUT2D eigenvalue weighted by Crippen LogP contribution is 2.28. The number of hydrogen-bond donors (Lipinski definition) is 0. The van der Waals surface area contributed by atoms with Crippen LogP contribution in [0.15, 0.2) is 59.4 Å². The lowest BCUT2D eigenvalue weighted by Gasteiger charge is -2.21. The van der Waals surface area contributed by atoms with Crippen LogP contribution in [-0.4, -0.2) is 33.0 Å². The highest BCUT2D eigenvalue weighted by atomic mass is 32.1. The summed E-state index contributed by atoms with van der Waals surface area (Å²) < 4.78 is 6.49. The molecule has 2 aromatic carbocycles. The van der Waals surface area contributed by atoms with Gasteiger partial charge in [0.1, 0.15) is 17.2 Å². The Morgan fingerprint density at radius 3 is 2.47 bits per heavy atom. The Kier molecular flexibility index (Phi) is 6.83. The number of fused-ring (bicyclic) bond motifs is 1. The molecule has 0 saturated carbocycles. The van der Waals surface area contributed by atoms with Crippen LogP contribution in [-0.2, 0) is 22.6 Å². The number of carbonyl (C=O) groups excluding carboxylic acids is 2. The molecule has 0 spiro atoms. The first-order valence-electron chi connectivity index (χ1n) is 10.8. The van der Waals surface area contributed by atoms with Gasteiger partial charge in [0.05, 0.1) is 29.7 Å². The highest BCUT2D eigenvalue weighted by molar-refractivity contribution is 7.17. The number of aromatic nitrogens is 3. The van der Waals surface area contributed by atoms with Gasteiger partial charge in [0.15, 0.2) is 5.13 Å². The van der Waals surface area contributed by atoms with Crippen molar-refractivity contribution in [1.29, 1.82) is 0 Å². The average molecular weight is 477 g/mol. The molecule has 0 saturated heterocycles. The summed E-state index contributed by atoms with van der Waals surface area (Å²) in [4.78, 5) is 49.8. The zero-order valence-electron chi connectivity index (χ0n) is 19.1. The second kappa shape index (κ2) is 9.96. The molecule has 2 heterocycles. The molecule has 2 aromatic heterocycles.